The second-order valence-electron chi connectivity index (χ2n) is 9.17. The number of hydrogen-bond acceptors (Lipinski definition) is 3. The van der Waals surface area contributed by atoms with E-state index in [-0.39, 0.29) is 5.60 Å². The fraction of sp³-hybridized carbons (Fsp3) is 0.357. The number of piperidine rings is 1. The molecule has 160 valence electrons. The number of benzene rings is 3. The highest BCUT2D eigenvalue weighted by molar-refractivity contribution is 5.59. The SMILES string of the molecule is Cc1ccc(CN2CCC3(CCN(Cc4ccccc4)CC3)Oc3ccccc32)cc1. The number of ether oxygens (including phenoxy) is 1. The quantitative estimate of drug-likeness (QED) is 0.537. The summed E-state index contributed by atoms with van der Waals surface area (Å²) < 4.78 is 6.80. The van der Waals surface area contributed by atoms with Crippen molar-refractivity contribution >= 4 is 5.69 Å². The average Bonchev–Trinajstić information content (AvgIpc) is 2.95. The van der Waals surface area contributed by atoms with Gasteiger partial charge in [0.05, 0.1) is 5.69 Å². The number of fused-ring (bicyclic) bond motifs is 1. The maximum atomic E-state index is 6.80. The van der Waals surface area contributed by atoms with E-state index in [1.54, 1.807) is 0 Å². The first-order valence-electron chi connectivity index (χ1n) is 11.5. The second-order valence-corrected chi connectivity index (χ2v) is 9.17. The number of para-hydroxylation sites is 2. The van der Waals surface area contributed by atoms with Gasteiger partial charge in [0, 0.05) is 39.1 Å². The minimum Gasteiger partial charge on any atom is -0.485 e. The van der Waals surface area contributed by atoms with Crippen LogP contribution in [-0.4, -0.2) is 30.1 Å². The number of aryl methyl sites for hydroxylation is 1. The van der Waals surface area contributed by atoms with Crippen LogP contribution in [-0.2, 0) is 13.1 Å². The Labute approximate surface area is 186 Å². The van der Waals surface area contributed by atoms with Crippen LogP contribution in [0.3, 0.4) is 0 Å². The standard InChI is InChI=1S/C28H32N2O/c1-23-11-13-25(14-12-23)22-30-20-17-28(31-27-10-6-5-9-26(27)30)15-18-29(19-16-28)21-24-7-3-2-4-8-24/h2-14H,15-22H2,1H3. The molecule has 0 radical (unpaired) electrons. The van der Waals surface area contributed by atoms with Gasteiger partial charge in [0.1, 0.15) is 11.4 Å². The molecule has 0 amide bonds. The summed E-state index contributed by atoms with van der Waals surface area (Å²) in [6, 6.07) is 28.3. The van der Waals surface area contributed by atoms with Crippen LogP contribution >= 0.6 is 0 Å². The van der Waals surface area contributed by atoms with Crippen LogP contribution < -0.4 is 9.64 Å². The van der Waals surface area contributed by atoms with Gasteiger partial charge in [-0.25, -0.2) is 0 Å². The molecule has 1 saturated heterocycles. The van der Waals surface area contributed by atoms with E-state index in [9.17, 15) is 0 Å². The Morgan fingerprint density at radius 3 is 2.13 bits per heavy atom. The van der Waals surface area contributed by atoms with Crippen molar-refractivity contribution in [1.82, 2.24) is 4.90 Å². The molecule has 0 aliphatic carbocycles. The van der Waals surface area contributed by atoms with Crippen molar-refractivity contribution in [2.24, 2.45) is 0 Å². The number of anilines is 1. The molecule has 2 heterocycles. The van der Waals surface area contributed by atoms with Gasteiger partial charge in [0.25, 0.3) is 0 Å². The fourth-order valence-electron chi connectivity index (χ4n) is 4.94. The molecule has 0 atom stereocenters. The van der Waals surface area contributed by atoms with Crippen LogP contribution in [0.5, 0.6) is 5.75 Å². The highest BCUT2D eigenvalue weighted by Crippen LogP contribution is 2.41. The zero-order valence-corrected chi connectivity index (χ0v) is 18.5. The van der Waals surface area contributed by atoms with E-state index in [0.29, 0.717) is 0 Å². The van der Waals surface area contributed by atoms with E-state index >= 15 is 0 Å². The van der Waals surface area contributed by atoms with Gasteiger partial charge in [0.15, 0.2) is 0 Å². The third-order valence-corrected chi connectivity index (χ3v) is 6.88. The van der Waals surface area contributed by atoms with Crippen molar-refractivity contribution < 1.29 is 4.74 Å². The lowest BCUT2D eigenvalue weighted by Crippen LogP contribution is -2.48. The summed E-state index contributed by atoms with van der Waals surface area (Å²) in [6.07, 6.45) is 3.26. The van der Waals surface area contributed by atoms with Gasteiger partial charge in [-0.15, -0.1) is 0 Å². The molecule has 0 saturated carbocycles. The first-order valence-corrected chi connectivity index (χ1v) is 11.5. The van der Waals surface area contributed by atoms with E-state index in [1.807, 2.05) is 0 Å². The molecule has 0 N–H and O–H groups in total. The first-order chi connectivity index (χ1) is 15.2. The van der Waals surface area contributed by atoms with Crippen LogP contribution in [0.25, 0.3) is 0 Å². The third-order valence-electron chi connectivity index (χ3n) is 6.88. The number of likely N-dealkylation sites (tertiary alicyclic amines) is 1. The Bertz CT molecular complexity index is 991. The lowest BCUT2D eigenvalue weighted by atomic mass is 9.87. The predicted octanol–water partition coefficient (Wildman–Crippen LogP) is 5.82. The lowest BCUT2D eigenvalue weighted by Gasteiger charge is -2.41. The van der Waals surface area contributed by atoms with E-state index in [1.165, 1.54) is 22.4 Å². The number of nitrogens with zero attached hydrogens (tertiary/aromatic N) is 2. The summed E-state index contributed by atoms with van der Waals surface area (Å²) in [5.41, 5.74) is 5.24. The van der Waals surface area contributed by atoms with Gasteiger partial charge in [-0.3, -0.25) is 4.90 Å². The van der Waals surface area contributed by atoms with Crippen molar-refractivity contribution in [2.45, 2.75) is 44.9 Å². The van der Waals surface area contributed by atoms with Gasteiger partial charge in [-0.05, 0) is 43.0 Å². The molecule has 2 aliphatic heterocycles. The largest absolute Gasteiger partial charge is 0.485 e. The molecule has 0 bridgehead atoms. The summed E-state index contributed by atoms with van der Waals surface area (Å²) in [4.78, 5) is 5.08. The zero-order valence-electron chi connectivity index (χ0n) is 18.5. The summed E-state index contributed by atoms with van der Waals surface area (Å²) in [7, 11) is 0. The Morgan fingerprint density at radius 2 is 1.35 bits per heavy atom. The lowest BCUT2D eigenvalue weighted by molar-refractivity contribution is -0.00226. The normalized spacial score (nSPS) is 18.3. The van der Waals surface area contributed by atoms with Crippen molar-refractivity contribution in [3.63, 3.8) is 0 Å². The van der Waals surface area contributed by atoms with Crippen molar-refractivity contribution in [3.05, 3.63) is 95.6 Å². The Morgan fingerprint density at radius 1 is 0.710 bits per heavy atom. The number of hydrogen-bond donors (Lipinski definition) is 0. The monoisotopic (exact) mass is 412 g/mol. The Kier molecular flexibility index (Phi) is 5.69. The molecule has 0 aromatic heterocycles. The van der Waals surface area contributed by atoms with E-state index in [4.69, 9.17) is 4.74 Å². The minimum absolute atomic E-state index is 0.0503. The smallest absolute Gasteiger partial charge is 0.143 e. The third kappa shape index (κ3) is 4.62. The average molecular weight is 413 g/mol. The molecular formula is C28H32N2O. The summed E-state index contributed by atoms with van der Waals surface area (Å²) in [5, 5.41) is 0. The summed E-state index contributed by atoms with van der Waals surface area (Å²) in [5.74, 6) is 1.05. The summed E-state index contributed by atoms with van der Waals surface area (Å²) >= 11 is 0. The van der Waals surface area contributed by atoms with Gasteiger partial charge in [0.2, 0.25) is 0 Å². The zero-order chi connectivity index (χ0) is 21.1. The first kappa shape index (κ1) is 20.1. The molecule has 31 heavy (non-hydrogen) atoms. The van der Waals surface area contributed by atoms with Crippen molar-refractivity contribution in [3.8, 4) is 5.75 Å². The van der Waals surface area contributed by atoms with E-state index < -0.39 is 0 Å². The molecule has 3 heteroatoms. The van der Waals surface area contributed by atoms with Crippen LogP contribution in [0.2, 0.25) is 0 Å². The van der Waals surface area contributed by atoms with Gasteiger partial charge >= 0.3 is 0 Å². The molecule has 1 spiro atoms. The minimum atomic E-state index is -0.0503. The van der Waals surface area contributed by atoms with Gasteiger partial charge in [-0.1, -0.05) is 72.3 Å². The maximum Gasteiger partial charge on any atom is 0.143 e. The fourth-order valence-corrected chi connectivity index (χ4v) is 4.94. The summed E-state index contributed by atoms with van der Waals surface area (Å²) in [6.45, 7) is 7.32. The molecule has 3 aromatic rings. The molecule has 2 aliphatic rings. The molecular weight excluding hydrogens is 380 g/mol. The highest BCUT2D eigenvalue weighted by Gasteiger charge is 2.39. The molecule has 5 rings (SSSR count). The molecule has 3 aromatic carbocycles. The Hall–Kier alpha value is -2.78. The number of rotatable bonds is 4. The van der Waals surface area contributed by atoms with Gasteiger partial charge in [-0.2, -0.15) is 0 Å². The van der Waals surface area contributed by atoms with Crippen LogP contribution in [0.1, 0.15) is 36.0 Å². The highest BCUT2D eigenvalue weighted by atomic mass is 16.5. The predicted molar refractivity (Wildman–Crippen MR) is 128 cm³/mol. The van der Waals surface area contributed by atoms with Gasteiger partial charge < -0.3 is 9.64 Å². The molecule has 1 fully saturated rings. The van der Waals surface area contributed by atoms with E-state index in [2.05, 4.69) is 95.6 Å². The molecule has 0 unspecified atom stereocenters. The van der Waals surface area contributed by atoms with Crippen LogP contribution in [0, 0.1) is 6.92 Å². The second kappa shape index (κ2) is 8.76. The van der Waals surface area contributed by atoms with E-state index in [0.717, 1.165) is 57.7 Å². The molecule has 3 nitrogen and oxygen atoms in total. The van der Waals surface area contributed by atoms with Crippen LogP contribution in [0.15, 0.2) is 78.9 Å². The van der Waals surface area contributed by atoms with Crippen molar-refractivity contribution in [2.75, 3.05) is 24.5 Å². The van der Waals surface area contributed by atoms with Crippen molar-refractivity contribution in [1.29, 1.82) is 0 Å². The topological polar surface area (TPSA) is 15.7 Å². The maximum absolute atomic E-state index is 6.80. The van der Waals surface area contributed by atoms with Crippen LogP contribution in [0.4, 0.5) is 5.69 Å². The Balaban J connectivity index is 1.30.